The minimum absolute atomic E-state index is 0.0167. The van der Waals surface area contributed by atoms with Crippen LogP contribution in [-0.2, 0) is 4.79 Å². The van der Waals surface area contributed by atoms with E-state index in [1.807, 2.05) is 0 Å². The van der Waals surface area contributed by atoms with Crippen molar-refractivity contribution < 1.29 is 9.59 Å². The molecular formula is C19H23N3O2S. The number of nitrogens with one attached hydrogen (secondary N) is 2. The summed E-state index contributed by atoms with van der Waals surface area (Å²) >= 11 is 1.37. The van der Waals surface area contributed by atoms with E-state index in [4.69, 9.17) is 0 Å². The molecule has 0 spiro atoms. The van der Waals surface area contributed by atoms with E-state index in [1.165, 1.54) is 43.4 Å². The first-order chi connectivity index (χ1) is 12.2. The number of benzene rings is 1. The summed E-state index contributed by atoms with van der Waals surface area (Å²) in [5, 5.41) is 8.01. The third-order valence-corrected chi connectivity index (χ3v) is 5.25. The van der Waals surface area contributed by atoms with Crippen LogP contribution in [0.3, 0.4) is 0 Å². The molecule has 0 unspecified atom stereocenters. The highest BCUT2D eigenvalue weighted by molar-refractivity contribution is 7.13. The maximum absolute atomic E-state index is 12.2. The lowest BCUT2D eigenvalue weighted by molar-refractivity contribution is -0.116. The van der Waals surface area contributed by atoms with Gasteiger partial charge in [-0.2, -0.15) is 0 Å². The van der Waals surface area contributed by atoms with Crippen LogP contribution < -0.4 is 10.6 Å². The van der Waals surface area contributed by atoms with Gasteiger partial charge in [0.2, 0.25) is 5.91 Å². The monoisotopic (exact) mass is 357 g/mol. The normalized spacial score (nSPS) is 14.9. The van der Waals surface area contributed by atoms with Crippen LogP contribution >= 0.6 is 11.3 Å². The van der Waals surface area contributed by atoms with Crippen molar-refractivity contribution in [1.82, 2.24) is 4.98 Å². The van der Waals surface area contributed by atoms with E-state index in [0.717, 1.165) is 6.42 Å². The molecule has 1 fully saturated rings. The summed E-state index contributed by atoms with van der Waals surface area (Å²) in [5.41, 5.74) is 1.15. The largest absolute Gasteiger partial charge is 0.326 e. The first-order valence-electron chi connectivity index (χ1n) is 8.81. The highest BCUT2D eigenvalue weighted by Crippen LogP contribution is 2.27. The zero-order chi connectivity index (χ0) is 17.5. The van der Waals surface area contributed by atoms with Crippen molar-refractivity contribution in [2.45, 2.75) is 44.9 Å². The molecule has 1 aliphatic rings. The van der Waals surface area contributed by atoms with E-state index in [1.54, 1.807) is 35.8 Å². The summed E-state index contributed by atoms with van der Waals surface area (Å²) in [6, 6.07) is 6.99. The van der Waals surface area contributed by atoms with Gasteiger partial charge < -0.3 is 5.32 Å². The van der Waals surface area contributed by atoms with Gasteiger partial charge in [0.05, 0.1) is 0 Å². The van der Waals surface area contributed by atoms with Gasteiger partial charge in [0, 0.05) is 29.2 Å². The van der Waals surface area contributed by atoms with Crippen LogP contribution in [0.1, 0.15) is 55.3 Å². The van der Waals surface area contributed by atoms with Gasteiger partial charge >= 0.3 is 0 Å². The zero-order valence-electron chi connectivity index (χ0n) is 14.2. The molecule has 25 heavy (non-hydrogen) atoms. The van der Waals surface area contributed by atoms with Gasteiger partial charge in [-0.3, -0.25) is 14.9 Å². The van der Waals surface area contributed by atoms with Crippen molar-refractivity contribution in [1.29, 1.82) is 0 Å². The molecule has 1 saturated carbocycles. The molecule has 0 atom stereocenters. The van der Waals surface area contributed by atoms with Crippen LogP contribution in [0.2, 0.25) is 0 Å². The topological polar surface area (TPSA) is 71.1 Å². The SMILES string of the molecule is O=C(CCC1CCCCC1)Nc1cccc(C(=O)Nc2nccs2)c1. The molecular weight excluding hydrogens is 334 g/mol. The number of thiazole rings is 1. The van der Waals surface area contributed by atoms with Crippen LogP contribution in [-0.4, -0.2) is 16.8 Å². The summed E-state index contributed by atoms with van der Waals surface area (Å²) in [6.45, 7) is 0. The Hall–Kier alpha value is -2.21. The van der Waals surface area contributed by atoms with Crippen molar-refractivity contribution in [2.75, 3.05) is 10.6 Å². The van der Waals surface area contributed by atoms with Gasteiger partial charge in [0.15, 0.2) is 5.13 Å². The summed E-state index contributed by atoms with van der Waals surface area (Å²) in [4.78, 5) is 28.4. The van der Waals surface area contributed by atoms with Gasteiger partial charge in [-0.25, -0.2) is 4.98 Å². The second kappa shape index (κ2) is 8.76. The maximum Gasteiger partial charge on any atom is 0.257 e. The Balaban J connectivity index is 1.52. The molecule has 2 amide bonds. The van der Waals surface area contributed by atoms with E-state index in [2.05, 4.69) is 15.6 Å². The predicted octanol–water partition coefficient (Wildman–Crippen LogP) is 4.69. The molecule has 1 aromatic carbocycles. The second-order valence-corrected chi connectivity index (χ2v) is 7.36. The molecule has 5 nitrogen and oxygen atoms in total. The van der Waals surface area contributed by atoms with E-state index in [0.29, 0.717) is 28.7 Å². The molecule has 1 heterocycles. The first kappa shape index (κ1) is 17.6. The van der Waals surface area contributed by atoms with E-state index in [-0.39, 0.29) is 11.8 Å². The number of hydrogen-bond acceptors (Lipinski definition) is 4. The van der Waals surface area contributed by atoms with Gasteiger partial charge in [-0.05, 0) is 30.5 Å². The number of carbonyl (C=O) groups excluding carboxylic acids is 2. The van der Waals surface area contributed by atoms with Crippen LogP contribution in [0.5, 0.6) is 0 Å². The predicted molar refractivity (Wildman–Crippen MR) is 101 cm³/mol. The number of amides is 2. The number of rotatable bonds is 6. The van der Waals surface area contributed by atoms with Crippen molar-refractivity contribution in [2.24, 2.45) is 5.92 Å². The first-order valence-corrected chi connectivity index (χ1v) is 9.69. The fourth-order valence-corrected chi connectivity index (χ4v) is 3.75. The fraction of sp³-hybridized carbons (Fsp3) is 0.421. The fourth-order valence-electron chi connectivity index (χ4n) is 3.23. The van der Waals surface area contributed by atoms with Crippen molar-refractivity contribution in [3.63, 3.8) is 0 Å². The lowest BCUT2D eigenvalue weighted by Crippen LogP contribution is -2.16. The number of anilines is 2. The smallest absolute Gasteiger partial charge is 0.257 e. The standard InChI is InChI=1S/C19H23N3O2S/c23-17(10-9-14-5-2-1-3-6-14)21-16-8-4-7-15(13-16)18(24)22-19-20-11-12-25-19/h4,7-8,11-14H,1-3,5-6,9-10H2,(H,21,23)(H,20,22,24). The molecule has 3 rings (SSSR count). The second-order valence-electron chi connectivity index (χ2n) is 6.46. The van der Waals surface area contributed by atoms with Crippen molar-refractivity contribution in [3.05, 3.63) is 41.4 Å². The molecule has 1 aromatic heterocycles. The maximum atomic E-state index is 12.2. The summed E-state index contributed by atoms with van der Waals surface area (Å²) < 4.78 is 0. The van der Waals surface area contributed by atoms with Gasteiger partial charge in [0.25, 0.3) is 5.91 Å². The quantitative estimate of drug-likeness (QED) is 0.787. The van der Waals surface area contributed by atoms with Crippen molar-refractivity contribution >= 4 is 34.0 Å². The minimum atomic E-state index is -0.228. The van der Waals surface area contributed by atoms with Crippen LogP contribution in [0.15, 0.2) is 35.8 Å². The molecule has 2 aromatic rings. The number of aromatic nitrogens is 1. The average molecular weight is 357 g/mol. The zero-order valence-corrected chi connectivity index (χ0v) is 15.0. The minimum Gasteiger partial charge on any atom is -0.326 e. The Kier molecular flexibility index (Phi) is 6.17. The lowest BCUT2D eigenvalue weighted by atomic mass is 9.86. The van der Waals surface area contributed by atoms with Gasteiger partial charge in [0.1, 0.15) is 0 Å². The van der Waals surface area contributed by atoms with E-state index >= 15 is 0 Å². The number of carbonyl (C=O) groups is 2. The Bertz CT molecular complexity index is 709. The molecule has 2 N–H and O–H groups in total. The Labute approximate surface area is 151 Å². The molecule has 0 radical (unpaired) electrons. The van der Waals surface area contributed by atoms with Crippen LogP contribution in [0, 0.1) is 5.92 Å². The van der Waals surface area contributed by atoms with Gasteiger partial charge in [-0.1, -0.05) is 38.2 Å². The molecule has 0 saturated heterocycles. The summed E-state index contributed by atoms with van der Waals surface area (Å²) in [6.07, 6.45) is 9.56. The van der Waals surface area contributed by atoms with E-state index in [9.17, 15) is 9.59 Å². The highest BCUT2D eigenvalue weighted by Gasteiger charge is 2.15. The lowest BCUT2D eigenvalue weighted by Gasteiger charge is -2.21. The Morgan fingerprint density at radius 3 is 2.76 bits per heavy atom. The molecule has 6 heteroatoms. The molecule has 0 aliphatic heterocycles. The van der Waals surface area contributed by atoms with Crippen LogP contribution in [0.4, 0.5) is 10.8 Å². The number of nitrogens with zero attached hydrogens (tertiary/aromatic N) is 1. The third-order valence-electron chi connectivity index (χ3n) is 4.57. The molecule has 1 aliphatic carbocycles. The summed E-state index contributed by atoms with van der Waals surface area (Å²) in [7, 11) is 0. The van der Waals surface area contributed by atoms with Crippen molar-refractivity contribution in [3.8, 4) is 0 Å². The molecule has 132 valence electrons. The number of hydrogen-bond donors (Lipinski definition) is 2. The summed E-state index contributed by atoms with van der Waals surface area (Å²) in [5.74, 6) is 0.478. The Morgan fingerprint density at radius 1 is 1.16 bits per heavy atom. The highest BCUT2D eigenvalue weighted by atomic mass is 32.1. The van der Waals surface area contributed by atoms with Crippen LogP contribution in [0.25, 0.3) is 0 Å². The van der Waals surface area contributed by atoms with Gasteiger partial charge in [-0.15, -0.1) is 11.3 Å². The Morgan fingerprint density at radius 2 is 2.00 bits per heavy atom. The molecule has 0 bridgehead atoms. The third kappa shape index (κ3) is 5.39. The van der Waals surface area contributed by atoms with E-state index < -0.39 is 0 Å². The average Bonchev–Trinajstić information content (AvgIpc) is 3.14.